The summed E-state index contributed by atoms with van der Waals surface area (Å²) in [4.78, 5) is 49.1. The maximum atomic E-state index is 14.6. The van der Waals surface area contributed by atoms with Crippen LogP contribution in [0.15, 0.2) is 59.5 Å². The highest BCUT2D eigenvalue weighted by molar-refractivity contribution is 5.99. The predicted octanol–water partition coefficient (Wildman–Crippen LogP) is 4.39. The lowest BCUT2D eigenvalue weighted by molar-refractivity contribution is -0.0752. The molecule has 4 aliphatic rings. The third-order valence-corrected chi connectivity index (χ3v) is 10.3. The second-order valence-corrected chi connectivity index (χ2v) is 13.2. The molecule has 2 saturated heterocycles. The van der Waals surface area contributed by atoms with Crippen LogP contribution in [-0.2, 0) is 19.7 Å². The molecule has 1 aromatic heterocycles. The van der Waals surface area contributed by atoms with E-state index >= 15 is 0 Å². The zero-order valence-electron chi connectivity index (χ0n) is 26.5. The fraction of sp³-hybridized carbons (Fsp3) is 0.472. The van der Waals surface area contributed by atoms with Crippen molar-refractivity contribution in [2.45, 2.75) is 70.4 Å². The number of carbonyl (C=O) groups is 2. The number of fused-ring (bicyclic) bond motifs is 4. The van der Waals surface area contributed by atoms with E-state index in [1.807, 2.05) is 35.2 Å². The molecule has 1 aliphatic carbocycles. The second kappa shape index (κ2) is 13.6. The zero-order valence-corrected chi connectivity index (χ0v) is 26.5. The van der Waals surface area contributed by atoms with Crippen molar-refractivity contribution in [3.63, 3.8) is 0 Å². The first-order valence-corrected chi connectivity index (χ1v) is 16.8. The van der Waals surface area contributed by atoms with Gasteiger partial charge in [0.2, 0.25) is 5.43 Å². The van der Waals surface area contributed by atoms with E-state index in [-0.39, 0.29) is 53.8 Å². The lowest BCUT2D eigenvalue weighted by Gasteiger charge is -2.55. The molecule has 2 amide bonds. The Bertz CT molecular complexity index is 1690. The SMILES string of the molecule is O=C(NCc1ccc(F)cc1F)c1cn2c(c(OCc3ccccc3)c1=O)C(=O)N1C3CCCCC3CN(CCN3CCCC3)C1C2. The highest BCUT2D eigenvalue weighted by atomic mass is 19.1. The molecule has 3 aromatic rings. The minimum atomic E-state index is -0.794. The number of nitrogens with one attached hydrogen (secondary N) is 1. The fourth-order valence-electron chi connectivity index (χ4n) is 7.86. The van der Waals surface area contributed by atoms with Gasteiger partial charge in [0.25, 0.3) is 11.8 Å². The summed E-state index contributed by atoms with van der Waals surface area (Å²) in [5.41, 5.74) is 0.164. The molecular formula is C36H41F2N5O4. The molecule has 248 valence electrons. The van der Waals surface area contributed by atoms with E-state index in [1.54, 1.807) is 4.57 Å². The molecule has 0 spiro atoms. The van der Waals surface area contributed by atoms with Crippen molar-refractivity contribution in [2.75, 3.05) is 32.7 Å². The molecule has 4 heterocycles. The number of carbonyl (C=O) groups excluding carboxylic acids is 2. The molecule has 2 aromatic carbocycles. The standard InChI is InChI=1S/C36H41F2N5O4/c37-27-13-12-25(29(38)18-27)19-39-35(45)28-21-42-22-31-41(17-16-40-14-6-7-15-40)20-26-10-4-5-11-30(26)43(31)36(46)32(42)34(33(28)44)47-23-24-8-2-1-3-9-24/h1-3,8-9,12-13,18,21,26,30-31H,4-7,10-11,14-17,19-20,22-23H2,(H,39,45). The third kappa shape index (κ3) is 6.43. The van der Waals surface area contributed by atoms with Gasteiger partial charge in [-0.15, -0.1) is 0 Å². The topological polar surface area (TPSA) is 87.1 Å². The lowest BCUT2D eigenvalue weighted by Crippen LogP contribution is -2.68. The van der Waals surface area contributed by atoms with Gasteiger partial charge in [0, 0.05) is 50.0 Å². The largest absolute Gasteiger partial charge is 0.483 e. The van der Waals surface area contributed by atoms with E-state index in [0.717, 1.165) is 76.1 Å². The summed E-state index contributed by atoms with van der Waals surface area (Å²) in [7, 11) is 0. The molecule has 3 aliphatic heterocycles. The molecule has 9 nitrogen and oxygen atoms in total. The van der Waals surface area contributed by atoms with E-state index in [9.17, 15) is 23.2 Å². The van der Waals surface area contributed by atoms with Crippen molar-refractivity contribution in [2.24, 2.45) is 5.92 Å². The van der Waals surface area contributed by atoms with Gasteiger partial charge in [-0.1, -0.05) is 49.2 Å². The van der Waals surface area contributed by atoms with Crippen LogP contribution in [-0.4, -0.2) is 76.0 Å². The number of benzene rings is 2. The van der Waals surface area contributed by atoms with Crippen molar-refractivity contribution in [1.82, 2.24) is 24.6 Å². The van der Waals surface area contributed by atoms with E-state index in [0.29, 0.717) is 12.5 Å². The average molecular weight is 646 g/mol. The van der Waals surface area contributed by atoms with Crippen LogP contribution >= 0.6 is 0 Å². The molecule has 3 fully saturated rings. The molecule has 11 heteroatoms. The van der Waals surface area contributed by atoms with Crippen LogP contribution in [0.5, 0.6) is 5.75 Å². The Labute approximate surface area is 273 Å². The van der Waals surface area contributed by atoms with Gasteiger partial charge < -0.3 is 24.4 Å². The Morgan fingerprint density at radius 1 is 0.936 bits per heavy atom. The maximum absolute atomic E-state index is 14.6. The molecule has 47 heavy (non-hydrogen) atoms. The van der Waals surface area contributed by atoms with Crippen LogP contribution in [0.25, 0.3) is 0 Å². The number of nitrogens with zero attached hydrogens (tertiary/aromatic N) is 4. The molecule has 0 radical (unpaired) electrons. The van der Waals surface area contributed by atoms with Gasteiger partial charge in [-0.25, -0.2) is 8.78 Å². The Kier molecular flexibility index (Phi) is 9.09. The smallest absolute Gasteiger partial charge is 0.276 e. The van der Waals surface area contributed by atoms with Crippen molar-refractivity contribution in [3.05, 3.63) is 99.0 Å². The monoisotopic (exact) mass is 645 g/mol. The Morgan fingerprint density at radius 3 is 2.51 bits per heavy atom. The van der Waals surface area contributed by atoms with Gasteiger partial charge in [-0.05, 0) is 56.3 Å². The van der Waals surface area contributed by atoms with Gasteiger partial charge in [0.05, 0.1) is 6.54 Å². The van der Waals surface area contributed by atoms with Crippen molar-refractivity contribution >= 4 is 11.8 Å². The summed E-state index contributed by atoms with van der Waals surface area (Å²) >= 11 is 0. The molecule has 3 unspecified atom stereocenters. The van der Waals surface area contributed by atoms with Gasteiger partial charge in [0.15, 0.2) is 11.4 Å². The summed E-state index contributed by atoms with van der Waals surface area (Å²) in [6.07, 6.45) is 7.86. The molecule has 1 saturated carbocycles. The Morgan fingerprint density at radius 2 is 1.72 bits per heavy atom. The maximum Gasteiger partial charge on any atom is 0.276 e. The van der Waals surface area contributed by atoms with Crippen LogP contribution < -0.4 is 15.5 Å². The quantitative estimate of drug-likeness (QED) is 0.372. The number of rotatable bonds is 9. The first kappa shape index (κ1) is 31.5. The summed E-state index contributed by atoms with van der Waals surface area (Å²) in [6, 6.07) is 12.5. The zero-order chi connectivity index (χ0) is 32.5. The van der Waals surface area contributed by atoms with Crippen LogP contribution in [0.4, 0.5) is 8.78 Å². The predicted molar refractivity (Wildman–Crippen MR) is 172 cm³/mol. The molecule has 1 N–H and O–H groups in total. The fourth-order valence-corrected chi connectivity index (χ4v) is 7.86. The van der Waals surface area contributed by atoms with Gasteiger partial charge in [-0.3, -0.25) is 19.3 Å². The third-order valence-electron chi connectivity index (χ3n) is 10.3. The Hall–Kier alpha value is -4.09. The van der Waals surface area contributed by atoms with Gasteiger partial charge >= 0.3 is 0 Å². The number of ether oxygens (including phenoxy) is 1. The van der Waals surface area contributed by atoms with E-state index in [4.69, 9.17) is 4.74 Å². The van der Waals surface area contributed by atoms with Crippen molar-refractivity contribution in [3.8, 4) is 5.75 Å². The summed E-state index contributed by atoms with van der Waals surface area (Å²) in [5, 5.41) is 2.61. The van der Waals surface area contributed by atoms with Crippen LogP contribution in [0.1, 0.15) is 70.5 Å². The number of amides is 2. The highest BCUT2D eigenvalue weighted by Gasteiger charge is 2.49. The van der Waals surface area contributed by atoms with Crippen LogP contribution in [0.3, 0.4) is 0 Å². The first-order chi connectivity index (χ1) is 22.9. The molecule has 7 rings (SSSR count). The number of pyridine rings is 1. The highest BCUT2D eigenvalue weighted by Crippen LogP contribution is 2.39. The van der Waals surface area contributed by atoms with Crippen molar-refractivity contribution in [1.29, 1.82) is 0 Å². The summed E-state index contributed by atoms with van der Waals surface area (Å²) in [6.45, 7) is 5.07. The number of aromatic nitrogens is 1. The van der Waals surface area contributed by atoms with E-state index in [2.05, 4.69) is 15.1 Å². The van der Waals surface area contributed by atoms with E-state index in [1.165, 1.54) is 25.1 Å². The minimum Gasteiger partial charge on any atom is -0.483 e. The number of hydrogen-bond donors (Lipinski definition) is 1. The van der Waals surface area contributed by atoms with Crippen LogP contribution in [0.2, 0.25) is 0 Å². The number of halogens is 2. The van der Waals surface area contributed by atoms with Gasteiger partial charge in [-0.2, -0.15) is 0 Å². The number of hydrogen-bond acceptors (Lipinski definition) is 6. The van der Waals surface area contributed by atoms with Crippen molar-refractivity contribution < 1.29 is 23.1 Å². The van der Waals surface area contributed by atoms with Crippen LogP contribution in [0, 0.1) is 17.6 Å². The van der Waals surface area contributed by atoms with Gasteiger partial charge in [0.1, 0.15) is 30.0 Å². The second-order valence-electron chi connectivity index (χ2n) is 13.2. The first-order valence-electron chi connectivity index (χ1n) is 16.8. The Balaban J connectivity index is 1.24. The number of likely N-dealkylation sites (tertiary alicyclic amines) is 1. The normalized spacial score (nSPS) is 22.8. The summed E-state index contributed by atoms with van der Waals surface area (Å²) < 4.78 is 35.6. The molecular weight excluding hydrogens is 604 g/mol. The molecule has 0 bridgehead atoms. The minimum absolute atomic E-state index is 0.0413. The lowest BCUT2D eigenvalue weighted by atomic mass is 9.80. The molecule has 3 atom stereocenters. The average Bonchev–Trinajstić information content (AvgIpc) is 3.60. The summed E-state index contributed by atoms with van der Waals surface area (Å²) in [5.74, 6) is -2.27. The van der Waals surface area contributed by atoms with E-state index < -0.39 is 23.0 Å².